The summed E-state index contributed by atoms with van der Waals surface area (Å²) in [4.78, 5) is 4.40. The first-order valence-corrected chi connectivity index (χ1v) is 16.4. The number of hydrogen-bond donors (Lipinski definition) is 0. The Bertz CT molecular complexity index is 1590. The van der Waals surface area contributed by atoms with E-state index in [-0.39, 0.29) is 0 Å². The summed E-state index contributed by atoms with van der Waals surface area (Å²) in [5, 5.41) is 2.74. The van der Waals surface area contributed by atoms with E-state index in [9.17, 15) is 4.21 Å². The Kier molecular flexibility index (Phi) is 6.02. The van der Waals surface area contributed by atoms with Gasteiger partial charge in [-0.2, -0.15) is 4.57 Å². The maximum absolute atomic E-state index is 12.0. The number of para-hydroxylation sites is 1. The van der Waals surface area contributed by atoms with Gasteiger partial charge in [-0.25, -0.2) is 0 Å². The smallest absolute Gasteiger partial charge is 0.266 e. The molecule has 0 amide bonds. The highest BCUT2D eigenvalue weighted by atomic mass is 32.2. The number of thiazole rings is 1. The molecule has 7 rings (SSSR count). The van der Waals surface area contributed by atoms with Crippen molar-refractivity contribution < 1.29 is 8.78 Å². The average Bonchev–Trinajstić information content (AvgIpc) is 3.45. The average molecular weight is 544 g/mol. The first-order valence-electron chi connectivity index (χ1n) is 13.2. The standard InChI is InChI=1S/C31H31N2OS3/c1-32-27-19-24(37(2)34)13-14-29(27)35-30(32)17-20-9-10-21-11-12-22(18-23(21)16-20)25-6-5-15-33-26-7-3-4-8-28(26)36-31(25)33/h3-4,7-8,13-14,16-19,21H,5-6,9-12,15H2,1-2H3/q+1. The molecule has 2 aliphatic carbocycles. The summed E-state index contributed by atoms with van der Waals surface area (Å²) in [6.45, 7) is 1.14. The maximum Gasteiger partial charge on any atom is 0.266 e. The second kappa shape index (κ2) is 9.40. The second-order valence-electron chi connectivity index (χ2n) is 10.5. The summed E-state index contributed by atoms with van der Waals surface area (Å²) < 4.78 is 16.0. The number of aryl methyl sites for hydroxylation is 1. The lowest BCUT2D eigenvalue weighted by Gasteiger charge is -2.29. The third kappa shape index (κ3) is 4.18. The maximum atomic E-state index is 12.0. The van der Waals surface area contributed by atoms with E-state index >= 15 is 0 Å². The lowest BCUT2D eigenvalue weighted by molar-refractivity contribution is -0.672. The second-order valence-corrected chi connectivity index (χ2v) is 14.0. The summed E-state index contributed by atoms with van der Waals surface area (Å²) >= 11 is 3.80. The van der Waals surface area contributed by atoms with Crippen LogP contribution < -0.4 is 9.47 Å². The van der Waals surface area contributed by atoms with Crippen molar-refractivity contribution in [2.75, 3.05) is 18.2 Å². The summed E-state index contributed by atoms with van der Waals surface area (Å²) in [6, 6.07) is 15.1. The van der Waals surface area contributed by atoms with Crippen LogP contribution in [0.3, 0.4) is 0 Å². The predicted molar refractivity (Wildman–Crippen MR) is 157 cm³/mol. The highest BCUT2D eigenvalue weighted by molar-refractivity contribution is 8.03. The molecule has 0 radical (unpaired) electrons. The van der Waals surface area contributed by atoms with E-state index in [1.807, 2.05) is 29.2 Å². The van der Waals surface area contributed by atoms with Crippen LogP contribution in [0.25, 0.3) is 15.8 Å². The zero-order chi connectivity index (χ0) is 25.1. The molecule has 2 atom stereocenters. The highest BCUT2D eigenvalue weighted by Gasteiger charge is 2.32. The van der Waals surface area contributed by atoms with Crippen molar-refractivity contribution in [1.29, 1.82) is 0 Å². The van der Waals surface area contributed by atoms with E-state index in [4.69, 9.17) is 0 Å². The Balaban J connectivity index is 1.22. The van der Waals surface area contributed by atoms with Gasteiger partial charge in [0, 0.05) is 52.0 Å². The zero-order valence-corrected chi connectivity index (χ0v) is 23.8. The molecule has 0 bridgehead atoms. The van der Waals surface area contributed by atoms with Crippen molar-refractivity contribution in [2.24, 2.45) is 5.92 Å². The molecule has 1 aromatic heterocycles. The molecule has 3 heterocycles. The van der Waals surface area contributed by atoms with E-state index in [2.05, 4.69) is 71.1 Å². The van der Waals surface area contributed by atoms with Gasteiger partial charge in [0.2, 0.25) is 5.52 Å². The predicted octanol–water partition coefficient (Wildman–Crippen LogP) is 7.61. The molecular weight excluding hydrogens is 513 g/mol. The Labute approximate surface area is 229 Å². The number of nitrogens with zero attached hydrogens (tertiary/aromatic N) is 2. The fourth-order valence-corrected chi connectivity index (χ4v) is 9.19. The SMILES string of the molecule is CN1/C(=C/C2=CC3=C/C(=C4\CCC[n+]5c4sc4ccccc45)CCC3CC2)Sc2ccc(S(C)=O)cc21. The number of hydrogen-bond acceptors (Lipinski definition) is 4. The summed E-state index contributed by atoms with van der Waals surface area (Å²) in [5.74, 6) is 0.692. The molecule has 0 saturated carbocycles. The van der Waals surface area contributed by atoms with Gasteiger partial charge in [0.1, 0.15) is 4.70 Å². The Morgan fingerprint density at radius 2 is 1.95 bits per heavy atom. The number of benzene rings is 2. The van der Waals surface area contributed by atoms with Crippen LogP contribution in [0.1, 0.15) is 43.5 Å². The quantitative estimate of drug-likeness (QED) is 0.311. The number of rotatable bonds is 2. The third-order valence-electron chi connectivity index (χ3n) is 8.25. The molecule has 0 spiro atoms. The van der Waals surface area contributed by atoms with Gasteiger partial charge in [-0.05, 0) is 85.1 Å². The molecular formula is C31H31N2OS3+. The van der Waals surface area contributed by atoms with Gasteiger partial charge in [0.15, 0.2) is 6.54 Å². The Morgan fingerprint density at radius 3 is 2.84 bits per heavy atom. The van der Waals surface area contributed by atoms with Crippen molar-refractivity contribution in [2.45, 2.75) is 54.9 Å². The minimum atomic E-state index is -0.962. The van der Waals surface area contributed by atoms with E-state index in [0.717, 1.165) is 23.5 Å². The van der Waals surface area contributed by atoms with Gasteiger partial charge in [-0.1, -0.05) is 47.4 Å². The fourth-order valence-electron chi connectivity index (χ4n) is 6.25. The molecule has 4 aliphatic rings. The zero-order valence-electron chi connectivity index (χ0n) is 21.3. The van der Waals surface area contributed by atoms with Crippen LogP contribution in [-0.4, -0.2) is 17.5 Å². The van der Waals surface area contributed by atoms with Gasteiger partial charge >= 0.3 is 0 Å². The van der Waals surface area contributed by atoms with Crippen molar-refractivity contribution in [3.8, 4) is 0 Å². The third-order valence-corrected chi connectivity index (χ3v) is 11.6. The summed E-state index contributed by atoms with van der Waals surface area (Å²) in [6.07, 6.45) is 16.4. The van der Waals surface area contributed by atoms with Gasteiger partial charge in [-0.15, -0.1) is 0 Å². The lowest BCUT2D eigenvalue weighted by atomic mass is 9.76. The lowest BCUT2D eigenvalue weighted by Crippen LogP contribution is -2.39. The number of allylic oxidation sites excluding steroid dienone is 7. The highest BCUT2D eigenvalue weighted by Crippen LogP contribution is 2.47. The van der Waals surface area contributed by atoms with Crippen molar-refractivity contribution in [1.82, 2.24) is 0 Å². The number of fused-ring (bicyclic) bond motifs is 5. The number of thioether (sulfide) groups is 1. The fraction of sp³-hybridized carbons (Fsp3) is 0.323. The molecule has 0 fully saturated rings. The monoisotopic (exact) mass is 543 g/mol. The van der Waals surface area contributed by atoms with E-state index < -0.39 is 10.8 Å². The molecule has 2 aliphatic heterocycles. The van der Waals surface area contributed by atoms with Crippen LogP contribution in [0.2, 0.25) is 0 Å². The van der Waals surface area contributed by atoms with Crippen molar-refractivity contribution in [3.63, 3.8) is 0 Å². The molecule has 6 heteroatoms. The van der Waals surface area contributed by atoms with Gasteiger partial charge in [0.25, 0.3) is 5.01 Å². The van der Waals surface area contributed by atoms with Gasteiger partial charge in [-0.3, -0.25) is 4.21 Å². The van der Waals surface area contributed by atoms with Crippen LogP contribution >= 0.6 is 23.1 Å². The first-order chi connectivity index (χ1) is 18.0. The normalized spacial score (nSPS) is 25.0. The van der Waals surface area contributed by atoms with Crippen molar-refractivity contribution in [3.05, 3.63) is 87.4 Å². The molecule has 3 aromatic rings. The minimum absolute atomic E-state index is 0.692. The molecule has 0 N–H and O–H groups in total. The largest absolute Gasteiger partial charge is 0.338 e. The molecule has 2 unspecified atom stereocenters. The van der Waals surface area contributed by atoms with Crippen LogP contribution in [0, 0.1) is 5.92 Å². The van der Waals surface area contributed by atoms with Crippen LogP contribution in [-0.2, 0) is 17.3 Å². The number of anilines is 1. The van der Waals surface area contributed by atoms with Crippen LogP contribution in [0.5, 0.6) is 0 Å². The van der Waals surface area contributed by atoms with E-state index in [1.54, 1.807) is 17.4 Å². The van der Waals surface area contributed by atoms with Crippen LogP contribution in [0.4, 0.5) is 5.69 Å². The van der Waals surface area contributed by atoms with Crippen LogP contribution in [0.15, 0.2) is 92.2 Å². The Morgan fingerprint density at radius 1 is 1.08 bits per heavy atom. The summed E-state index contributed by atoms with van der Waals surface area (Å²) in [7, 11) is 1.17. The van der Waals surface area contributed by atoms with Crippen molar-refractivity contribution >= 4 is 55.4 Å². The number of aromatic nitrogens is 1. The summed E-state index contributed by atoms with van der Waals surface area (Å²) in [5.41, 5.74) is 8.66. The molecule has 3 nitrogen and oxygen atoms in total. The van der Waals surface area contributed by atoms with Gasteiger partial charge in [0.05, 0.1) is 10.7 Å². The van der Waals surface area contributed by atoms with E-state index in [0.29, 0.717) is 5.92 Å². The molecule has 0 saturated heterocycles. The Hall–Kier alpha value is -2.41. The molecule has 188 valence electrons. The molecule has 37 heavy (non-hydrogen) atoms. The van der Waals surface area contributed by atoms with Gasteiger partial charge < -0.3 is 4.90 Å². The first kappa shape index (κ1) is 23.7. The minimum Gasteiger partial charge on any atom is -0.338 e. The topological polar surface area (TPSA) is 24.2 Å². The molecule has 2 aromatic carbocycles. The van der Waals surface area contributed by atoms with E-state index in [1.165, 1.54) is 68.4 Å².